The molecule has 6 heteroatoms. The summed E-state index contributed by atoms with van der Waals surface area (Å²) in [5.74, 6) is 0. The zero-order valence-electron chi connectivity index (χ0n) is 20.7. The van der Waals surface area contributed by atoms with Gasteiger partial charge in [-0.2, -0.15) is 0 Å². The van der Waals surface area contributed by atoms with Crippen molar-refractivity contribution in [2.75, 3.05) is 25.5 Å². The summed E-state index contributed by atoms with van der Waals surface area (Å²) in [5.41, 5.74) is 8.23. The lowest BCUT2D eigenvalue weighted by molar-refractivity contribution is 0.255. The van der Waals surface area contributed by atoms with E-state index in [2.05, 4.69) is 88.3 Å². The fourth-order valence-electron chi connectivity index (χ4n) is 4.93. The standard InChI is InChI=1S/C30H30N6/c1-21-9-11-24(12-10-21)36-29-8-4-3-7-25(29)34-28-18-26(33-23-6-5-15-31-20-23)27(19-30(28)36)32-22-13-16-35(2)17-14-22/h3-12,15,18-20,22,33H,13-14,16-17H2,1-2H3/b32-27+. The number of pyridine rings is 1. The average Bonchev–Trinajstić information content (AvgIpc) is 2.90. The molecule has 0 spiro atoms. The molecule has 3 aliphatic rings. The largest absolute Gasteiger partial charge is 0.352 e. The minimum Gasteiger partial charge on any atom is -0.352 e. The van der Waals surface area contributed by atoms with Crippen molar-refractivity contribution >= 4 is 22.4 Å². The Kier molecular flexibility index (Phi) is 5.95. The van der Waals surface area contributed by atoms with Crippen molar-refractivity contribution in [3.05, 3.63) is 96.1 Å². The van der Waals surface area contributed by atoms with Gasteiger partial charge in [-0.3, -0.25) is 9.98 Å². The molecule has 3 aromatic rings. The maximum absolute atomic E-state index is 5.28. The van der Waals surface area contributed by atoms with E-state index in [1.165, 1.54) is 5.56 Å². The third kappa shape index (κ3) is 4.48. The molecule has 1 fully saturated rings. The number of hydrogen-bond acceptors (Lipinski definition) is 5. The maximum atomic E-state index is 5.28. The Morgan fingerprint density at radius 2 is 1.75 bits per heavy atom. The summed E-state index contributed by atoms with van der Waals surface area (Å²) in [7, 11) is 2.18. The molecule has 3 heterocycles. The molecular formula is C30H30N6. The van der Waals surface area contributed by atoms with E-state index >= 15 is 0 Å². The quantitative estimate of drug-likeness (QED) is 0.346. The second-order valence-electron chi connectivity index (χ2n) is 9.66. The molecule has 0 bridgehead atoms. The van der Waals surface area contributed by atoms with Crippen molar-refractivity contribution < 1.29 is 0 Å². The normalized spacial score (nSPS) is 15.6. The van der Waals surface area contributed by atoms with Crippen LogP contribution in [0.5, 0.6) is 0 Å². The Labute approximate surface area is 211 Å². The molecule has 6 nitrogen and oxygen atoms in total. The van der Waals surface area contributed by atoms with Crippen molar-refractivity contribution in [2.24, 2.45) is 4.99 Å². The first-order chi connectivity index (χ1) is 17.6. The van der Waals surface area contributed by atoms with Gasteiger partial charge in [-0.15, -0.1) is 0 Å². The third-order valence-electron chi connectivity index (χ3n) is 6.94. The van der Waals surface area contributed by atoms with E-state index in [1.54, 1.807) is 6.20 Å². The molecule has 1 N–H and O–H groups in total. The second-order valence-corrected chi connectivity index (χ2v) is 9.66. The van der Waals surface area contributed by atoms with Crippen LogP contribution in [0.2, 0.25) is 0 Å². The molecule has 0 unspecified atom stereocenters. The first-order valence-electron chi connectivity index (χ1n) is 12.6. The number of aryl methyl sites for hydroxylation is 1. The van der Waals surface area contributed by atoms with Gasteiger partial charge in [0.25, 0.3) is 0 Å². The first-order valence-corrected chi connectivity index (χ1v) is 12.6. The van der Waals surface area contributed by atoms with E-state index < -0.39 is 0 Å². The van der Waals surface area contributed by atoms with Gasteiger partial charge in [0.05, 0.1) is 51.4 Å². The number of nitrogens with zero attached hydrogens (tertiary/aromatic N) is 5. The third-order valence-corrected chi connectivity index (χ3v) is 6.94. The van der Waals surface area contributed by atoms with Crippen molar-refractivity contribution in [2.45, 2.75) is 25.8 Å². The summed E-state index contributed by atoms with van der Waals surface area (Å²) in [6.07, 6.45) is 5.75. The summed E-state index contributed by atoms with van der Waals surface area (Å²) in [4.78, 5) is 17.0. The second kappa shape index (κ2) is 9.55. The summed E-state index contributed by atoms with van der Waals surface area (Å²) >= 11 is 0. The minimum absolute atomic E-state index is 0.300. The summed E-state index contributed by atoms with van der Waals surface area (Å²) < 4.78 is 2.30. The van der Waals surface area contributed by atoms with Crippen molar-refractivity contribution in [3.63, 3.8) is 0 Å². The van der Waals surface area contributed by atoms with Gasteiger partial charge < -0.3 is 14.8 Å². The van der Waals surface area contributed by atoms with Crippen LogP contribution in [-0.2, 0) is 0 Å². The predicted molar refractivity (Wildman–Crippen MR) is 146 cm³/mol. The topological polar surface area (TPSA) is 58.3 Å². The minimum atomic E-state index is 0.300. The molecular weight excluding hydrogens is 444 g/mol. The van der Waals surface area contributed by atoms with E-state index in [-0.39, 0.29) is 0 Å². The molecule has 2 aliphatic heterocycles. The SMILES string of the molecule is Cc1ccc(-n2c3c/c(=N\C4CCN(C)CC4)c(Nc4cccnc4)cc-3nc3ccccc32)cc1. The fourth-order valence-corrected chi connectivity index (χ4v) is 4.93. The summed E-state index contributed by atoms with van der Waals surface area (Å²) in [5, 5.41) is 4.52. The molecule has 0 atom stereocenters. The smallest absolute Gasteiger partial charge is 0.0900 e. The van der Waals surface area contributed by atoms with Crippen LogP contribution in [0.1, 0.15) is 18.4 Å². The van der Waals surface area contributed by atoms with E-state index in [0.717, 1.165) is 70.8 Å². The first kappa shape index (κ1) is 22.4. The Hall–Kier alpha value is -4.03. The van der Waals surface area contributed by atoms with Crippen LogP contribution < -0.4 is 10.7 Å². The van der Waals surface area contributed by atoms with Crippen LogP contribution in [0.3, 0.4) is 0 Å². The van der Waals surface area contributed by atoms with Crippen LogP contribution in [-0.4, -0.2) is 45.6 Å². The maximum Gasteiger partial charge on any atom is 0.0900 e. The molecule has 6 rings (SSSR count). The van der Waals surface area contributed by atoms with Gasteiger partial charge in [0.2, 0.25) is 0 Å². The lowest BCUT2D eigenvalue weighted by Gasteiger charge is -2.26. The molecule has 1 aromatic heterocycles. The van der Waals surface area contributed by atoms with E-state index in [0.29, 0.717) is 6.04 Å². The Balaban J connectivity index is 1.60. The summed E-state index contributed by atoms with van der Waals surface area (Å²) in [6, 6.07) is 25.6. The number of hydrogen-bond donors (Lipinski definition) is 1. The molecule has 0 radical (unpaired) electrons. The van der Waals surface area contributed by atoms with Gasteiger partial charge in [-0.1, -0.05) is 29.8 Å². The van der Waals surface area contributed by atoms with Crippen LogP contribution in [0.25, 0.3) is 28.1 Å². The predicted octanol–water partition coefficient (Wildman–Crippen LogP) is 5.57. The Morgan fingerprint density at radius 3 is 2.53 bits per heavy atom. The van der Waals surface area contributed by atoms with E-state index in [9.17, 15) is 0 Å². The zero-order chi connectivity index (χ0) is 24.5. The summed E-state index contributed by atoms with van der Waals surface area (Å²) in [6.45, 7) is 4.26. The molecule has 2 aromatic carbocycles. The Bertz CT molecular complexity index is 1530. The highest BCUT2D eigenvalue weighted by molar-refractivity contribution is 5.84. The van der Waals surface area contributed by atoms with Gasteiger partial charge >= 0.3 is 0 Å². The lowest BCUT2D eigenvalue weighted by atomic mass is 10.1. The highest BCUT2D eigenvalue weighted by atomic mass is 15.1. The molecule has 180 valence electrons. The Morgan fingerprint density at radius 1 is 0.944 bits per heavy atom. The highest BCUT2D eigenvalue weighted by Gasteiger charge is 2.19. The highest BCUT2D eigenvalue weighted by Crippen LogP contribution is 2.30. The van der Waals surface area contributed by atoms with Crippen LogP contribution in [0.15, 0.2) is 90.2 Å². The lowest BCUT2D eigenvalue weighted by Crippen LogP contribution is -2.33. The van der Waals surface area contributed by atoms with Crippen LogP contribution >= 0.6 is 0 Å². The fraction of sp³-hybridized carbons (Fsp3) is 0.233. The molecule has 0 saturated carbocycles. The molecule has 0 amide bonds. The number of anilines is 2. The number of para-hydroxylation sites is 2. The number of benzene rings is 3. The number of likely N-dealkylation sites (tertiary alicyclic amines) is 1. The number of nitrogens with one attached hydrogen (secondary N) is 1. The molecule has 36 heavy (non-hydrogen) atoms. The molecule has 1 aliphatic carbocycles. The van der Waals surface area contributed by atoms with Gasteiger partial charge in [0.1, 0.15) is 0 Å². The van der Waals surface area contributed by atoms with E-state index in [4.69, 9.17) is 9.98 Å². The average molecular weight is 475 g/mol. The monoisotopic (exact) mass is 474 g/mol. The van der Waals surface area contributed by atoms with Crippen LogP contribution in [0.4, 0.5) is 11.4 Å². The number of aromatic nitrogens is 3. The number of piperidine rings is 1. The van der Waals surface area contributed by atoms with Gasteiger partial charge in [-0.05, 0) is 88.4 Å². The molecule has 1 saturated heterocycles. The van der Waals surface area contributed by atoms with Gasteiger partial charge in [-0.25, -0.2) is 4.98 Å². The van der Waals surface area contributed by atoms with E-state index in [1.807, 2.05) is 24.4 Å². The van der Waals surface area contributed by atoms with Crippen molar-refractivity contribution in [3.8, 4) is 17.1 Å². The van der Waals surface area contributed by atoms with Gasteiger partial charge in [0.15, 0.2) is 0 Å². The number of rotatable bonds is 4. The van der Waals surface area contributed by atoms with Crippen LogP contribution in [0, 0.1) is 6.92 Å². The number of fused-ring (bicyclic) bond motifs is 2. The van der Waals surface area contributed by atoms with Crippen molar-refractivity contribution in [1.82, 2.24) is 19.4 Å². The van der Waals surface area contributed by atoms with Crippen molar-refractivity contribution in [1.29, 1.82) is 0 Å². The zero-order valence-corrected chi connectivity index (χ0v) is 20.7. The van der Waals surface area contributed by atoms with Gasteiger partial charge in [0, 0.05) is 11.9 Å².